The topological polar surface area (TPSA) is 53.7 Å². The third-order valence-electron chi connectivity index (χ3n) is 3.34. The summed E-state index contributed by atoms with van der Waals surface area (Å²) < 4.78 is 16.2. The highest BCUT2D eigenvalue weighted by Crippen LogP contribution is 2.34. The molecule has 0 spiro atoms. The van der Waals surface area contributed by atoms with Crippen LogP contribution in [0.1, 0.15) is 24.1 Å². The first-order chi connectivity index (χ1) is 8.65. The average Bonchev–Trinajstić information content (AvgIpc) is 2.66. The first kappa shape index (κ1) is 13.3. The average molecular weight is 251 g/mol. The second-order valence-corrected chi connectivity index (χ2v) is 4.74. The minimum Gasteiger partial charge on any atom is -0.497 e. The Hall–Kier alpha value is -1.10. The van der Waals surface area contributed by atoms with Crippen molar-refractivity contribution in [2.75, 3.05) is 20.8 Å². The van der Waals surface area contributed by atoms with Crippen LogP contribution in [0.4, 0.5) is 0 Å². The Bertz CT molecular complexity index is 408. The number of hydrogen-bond donors (Lipinski definition) is 1. The van der Waals surface area contributed by atoms with Gasteiger partial charge in [0.1, 0.15) is 5.75 Å². The van der Waals surface area contributed by atoms with E-state index < -0.39 is 0 Å². The van der Waals surface area contributed by atoms with Crippen LogP contribution in [0.5, 0.6) is 5.75 Å². The molecule has 3 unspecified atom stereocenters. The Morgan fingerprint density at radius 3 is 2.83 bits per heavy atom. The quantitative estimate of drug-likeness (QED) is 0.865. The van der Waals surface area contributed by atoms with Crippen LogP contribution in [0, 0.1) is 0 Å². The fourth-order valence-electron chi connectivity index (χ4n) is 2.45. The van der Waals surface area contributed by atoms with Crippen LogP contribution < -0.4 is 10.5 Å². The van der Waals surface area contributed by atoms with Crippen LogP contribution in [-0.4, -0.2) is 33.0 Å². The minimum atomic E-state index is -0.0885. The Labute approximate surface area is 108 Å². The highest BCUT2D eigenvalue weighted by Gasteiger charge is 2.31. The lowest BCUT2D eigenvalue weighted by Crippen LogP contribution is -2.30. The predicted molar refractivity (Wildman–Crippen MR) is 69.8 cm³/mol. The van der Waals surface area contributed by atoms with Crippen molar-refractivity contribution in [2.24, 2.45) is 5.73 Å². The van der Waals surface area contributed by atoms with Crippen molar-refractivity contribution in [3.63, 3.8) is 0 Å². The van der Waals surface area contributed by atoms with Gasteiger partial charge < -0.3 is 19.9 Å². The first-order valence-corrected chi connectivity index (χ1v) is 6.22. The summed E-state index contributed by atoms with van der Waals surface area (Å²) in [5.74, 6) is 0.842. The molecule has 0 heterocycles. The molecule has 3 atom stereocenters. The summed E-state index contributed by atoms with van der Waals surface area (Å²) in [6.07, 6.45) is 0.939. The van der Waals surface area contributed by atoms with E-state index in [2.05, 4.69) is 6.07 Å². The molecule has 1 aliphatic rings. The van der Waals surface area contributed by atoms with Gasteiger partial charge >= 0.3 is 0 Å². The third kappa shape index (κ3) is 2.66. The molecular formula is C14H21NO3. The van der Waals surface area contributed by atoms with E-state index in [9.17, 15) is 0 Å². The van der Waals surface area contributed by atoms with Gasteiger partial charge in [-0.25, -0.2) is 0 Å². The van der Waals surface area contributed by atoms with Crippen LogP contribution in [0.15, 0.2) is 18.2 Å². The van der Waals surface area contributed by atoms with Gasteiger partial charge in [0.05, 0.1) is 32.0 Å². The molecule has 1 aromatic carbocycles. The van der Waals surface area contributed by atoms with Crippen LogP contribution in [-0.2, 0) is 15.9 Å². The van der Waals surface area contributed by atoms with E-state index in [0.717, 1.165) is 17.7 Å². The molecule has 0 radical (unpaired) electrons. The Morgan fingerprint density at radius 2 is 2.17 bits per heavy atom. The lowest BCUT2D eigenvalue weighted by atomic mass is 10.1. The third-order valence-corrected chi connectivity index (χ3v) is 3.34. The van der Waals surface area contributed by atoms with Gasteiger partial charge in [0, 0.05) is 13.5 Å². The number of methoxy groups -OCH3 is 2. The molecule has 0 fully saturated rings. The van der Waals surface area contributed by atoms with Crippen molar-refractivity contribution in [1.82, 2.24) is 0 Å². The van der Waals surface area contributed by atoms with E-state index in [1.807, 2.05) is 19.1 Å². The molecule has 18 heavy (non-hydrogen) atoms. The molecule has 100 valence electrons. The summed E-state index contributed by atoms with van der Waals surface area (Å²) in [6, 6.07) is 5.95. The summed E-state index contributed by atoms with van der Waals surface area (Å²) in [5.41, 5.74) is 8.61. The van der Waals surface area contributed by atoms with Gasteiger partial charge in [-0.15, -0.1) is 0 Å². The van der Waals surface area contributed by atoms with Crippen LogP contribution in [0.3, 0.4) is 0 Å². The molecule has 2 rings (SSSR count). The maximum absolute atomic E-state index is 6.24. The van der Waals surface area contributed by atoms with E-state index >= 15 is 0 Å². The van der Waals surface area contributed by atoms with Crippen LogP contribution in [0.25, 0.3) is 0 Å². The number of fused-ring (bicyclic) bond motifs is 1. The predicted octanol–water partition coefficient (Wildman–Crippen LogP) is 1.67. The summed E-state index contributed by atoms with van der Waals surface area (Å²) in [6.45, 7) is 2.59. The van der Waals surface area contributed by atoms with Crippen LogP contribution in [0.2, 0.25) is 0 Å². The fourth-order valence-corrected chi connectivity index (χ4v) is 2.45. The summed E-state index contributed by atoms with van der Waals surface area (Å²) in [5, 5.41) is 0. The van der Waals surface area contributed by atoms with Gasteiger partial charge in [-0.1, -0.05) is 6.07 Å². The normalized spacial score (nSPS) is 23.8. The standard InChI is InChI=1S/C14H21NO3/c1-9(8-16-2)18-13-6-10-4-5-11(17-3)7-12(10)14(13)15/h4-5,7,9,13-14H,6,8,15H2,1-3H3. The molecule has 0 saturated carbocycles. The van der Waals surface area contributed by atoms with Gasteiger partial charge in [0.25, 0.3) is 0 Å². The van der Waals surface area contributed by atoms with E-state index in [1.165, 1.54) is 5.56 Å². The SMILES string of the molecule is COCC(C)OC1Cc2ccc(OC)cc2C1N. The van der Waals surface area contributed by atoms with E-state index in [-0.39, 0.29) is 18.2 Å². The Kier molecular flexibility index (Phi) is 4.22. The lowest BCUT2D eigenvalue weighted by molar-refractivity contribution is -0.0437. The van der Waals surface area contributed by atoms with Crippen molar-refractivity contribution >= 4 is 0 Å². The number of hydrogen-bond acceptors (Lipinski definition) is 4. The maximum Gasteiger partial charge on any atom is 0.119 e. The lowest BCUT2D eigenvalue weighted by Gasteiger charge is -2.21. The molecule has 0 bridgehead atoms. The smallest absolute Gasteiger partial charge is 0.119 e. The van der Waals surface area contributed by atoms with Crippen molar-refractivity contribution < 1.29 is 14.2 Å². The second kappa shape index (κ2) is 5.69. The molecule has 0 saturated heterocycles. The zero-order chi connectivity index (χ0) is 13.1. The largest absolute Gasteiger partial charge is 0.497 e. The van der Waals surface area contributed by atoms with Crippen molar-refractivity contribution in [3.05, 3.63) is 29.3 Å². The maximum atomic E-state index is 6.24. The molecule has 1 aliphatic carbocycles. The monoisotopic (exact) mass is 251 g/mol. The fraction of sp³-hybridized carbons (Fsp3) is 0.571. The molecular weight excluding hydrogens is 230 g/mol. The summed E-state index contributed by atoms with van der Waals surface area (Å²) in [4.78, 5) is 0. The van der Waals surface area contributed by atoms with Gasteiger partial charge in [0.2, 0.25) is 0 Å². The van der Waals surface area contributed by atoms with Gasteiger partial charge in [-0.05, 0) is 30.2 Å². The second-order valence-electron chi connectivity index (χ2n) is 4.74. The minimum absolute atomic E-state index is 0.0252. The number of nitrogens with two attached hydrogens (primary N) is 1. The Balaban J connectivity index is 2.07. The van der Waals surface area contributed by atoms with Crippen molar-refractivity contribution in [1.29, 1.82) is 0 Å². The van der Waals surface area contributed by atoms with E-state index in [1.54, 1.807) is 14.2 Å². The molecule has 0 aromatic heterocycles. The van der Waals surface area contributed by atoms with Gasteiger partial charge in [-0.3, -0.25) is 0 Å². The van der Waals surface area contributed by atoms with Gasteiger partial charge in [-0.2, -0.15) is 0 Å². The molecule has 4 nitrogen and oxygen atoms in total. The van der Waals surface area contributed by atoms with Crippen molar-refractivity contribution in [2.45, 2.75) is 31.6 Å². The Morgan fingerprint density at radius 1 is 1.39 bits per heavy atom. The first-order valence-electron chi connectivity index (χ1n) is 6.22. The zero-order valence-corrected chi connectivity index (χ0v) is 11.2. The molecule has 0 aliphatic heterocycles. The molecule has 0 amide bonds. The number of ether oxygens (including phenoxy) is 3. The zero-order valence-electron chi connectivity index (χ0n) is 11.2. The van der Waals surface area contributed by atoms with E-state index in [0.29, 0.717) is 6.61 Å². The summed E-state index contributed by atoms with van der Waals surface area (Å²) in [7, 11) is 3.34. The van der Waals surface area contributed by atoms with E-state index in [4.69, 9.17) is 19.9 Å². The van der Waals surface area contributed by atoms with Crippen LogP contribution >= 0.6 is 0 Å². The highest BCUT2D eigenvalue weighted by molar-refractivity contribution is 5.42. The highest BCUT2D eigenvalue weighted by atomic mass is 16.5. The van der Waals surface area contributed by atoms with Crippen molar-refractivity contribution in [3.8, 4) is 5.75 Å². The summed E-state index contributed by atoms with van der Waals surface area (Å²) >= 11 is 0. The molecule has 1 aromatic rings. The number of benzene rings is 1. The molecule has 4 heteroatoms. The number of rotatable bonds is 5. The molecule has 2 N–H and O–H groups in total. The van der Waals surface area contributed by atoms with Gasteiger partial charge in [0.15, 0.2) is 0 Å².